The van der Waals surface area contributed by atoms with Crippen LogP contribution in [0.3, 0.4) is 0 Å². The minimum Gasteiger partial charge on any atom is -0.303 e. The highest BCUT2D eigenvalue weighted by molar-refractivity contribution is 7.89. The molecule has 0 fully saturated rings. The minimum atomic E-state index is -3.74. The first-order chi connectivity index (χ1) is 16.7. The van der Waals surface area contributed by atoms with Crippen LogP contribution < -0.4 is 4.80 Å². The van der Waals surface area contributed by atoms with Crippen LogP contribution in [0.4, 0.5) is 0 Å². The number of carbonyl (C=O) groups is 1. The van der Waals surface area contributed by atoms with Crippen molar-refractivity contribution in [2.24, 2.45) is 4.99 Å². The Balaban J connectivity index is 1.63. The second-order valence-electron chi connectivity index (χ2n) is 7.60. The highest BCUT2D eigenvalue weighted by Gasteiger charge is 2.21. The predicted octanol–water partition coefficient (Wildman–Crippen LogP) is 5.20. The van der Waals surface area contributed by atoms with Gasteiger partial charge in [-0.25, -0.2) is 8.42 Å². The Hall–Kier alpha value is -2.93. The monoisotopic (exact) mass is 543 g/mol. The van der Waals surface area contributed by atoms with E-state index in [0.29, 0.717) is 20.4 Å². The van der Waals surface area contributed by atoms with Crippen molar-refractivity contribution >= 4 is 60.7 Å². The van der Waals surface area contributed by atoms with Crippen molar-refractivity contribution in [3.8, 4) is 12.3 Å². The molecule has 0 saturated heterocycles. The maximum absolute atomic E-state index is 13.0. The summed E-state index contributed by atoms with van der Waals surface area (Å²) in [6, 6.07) is 18.3. The molecule has 178 valence electrons. The fraction of sp³-hybridized carbons (Fsp3) is 0.120. The molecule has 0 aliphatic carbocycles. The molecule has 1 amide bonds. The Labute approximate surface area is 217 Å². The van der Waals surface area contributed by atoms with E-state index in [4.69, 9.17) is 29.6 Å². The van der Waals surface area contributed by atoms with Crippen LogP contribution in [0.15, 0.2) is 76.6 Å². The van der Waals surface area contributed by atoms with Crippen molar-refractivity contribution in [2.75, 3.05) is 7.05 Å². The molecule has 35 heavy (non-hydrogen) atoms. The zero-order valence-electron chi connectivity index (χ0n) is 18.5. The number of carbonyl (C=O) groups excluding carboxylic acids is 1. The molecular formula is C25H19Cl2N3O3S2. The maximum atomic E-state index is 13.0. The number of fused-ring (bicyclic) bond motifs is 1. The molecule has 0 aliphatic heterocycles. The number of amides is 1. The summed E-state index contributed by atoms with van der Waals surface area (Å²) >= 11 is 13.7. The molecule has 6 nitrogen and oxygen atoms in total. The molecular weight excluding hydrogens is 525 g/mol. The first-order valence-electron chi connectivity index (χ1n) is 10.3. The van der Waals surface area contributed by atoms with Gasteiger partial charge in [-0.05, 0) is 42.0 Å². The number of nitrogens with zero attached hydrogens (tertiary/aromatic N) is 3. The summed E-state index contributed by atoms with van der Waals surface area (Å²) < 4.78 is 29.6. The summed E-state index contributed by atoms with van der Waals surface area (Å²) in [5.74, 6) is 2.01. The van der Waals surface area contributed by atoms with Gasteiger partial charge in [0.05, 0.1) is 26.7 Å². The average molecular weight is 544 g/mol. The van der Waals surface area contributed by atoms with Crippen molar-refractivity contribution in [1.82, 2.24) is 8.87 Å². The predicted molar refractivity (Wildman–Crippen MR) is 140 cm³/mol. The topological polar surface area (TPSA) is 71.7 Å². The van der Waals surface area contributed by atoms with Crippen LogP contribution in [0.2, 0.25) is 10.0 Å². The number of rotatable bonds is 6. The van der Waals surface area contributed by atoms with Crippen LogP contribution in [0.25, 0.3) is 10.2 Å². The molecule has 0 aliphatic rings. The molecule has 4 aromatic rings. The molecule has 3 aromatic carbocycles. The summed E-state index contributed by atoms with van der Waals surface area (Å²) in [5, 5.41) is 0.866. The molecule has 0 bridgehead atoms. The summed E-state index contributed by atoms with van der Waals surface area (Å²) in [6.45, 7) is 0.394. The van der Waals surface area contributed by atoms with Crippen LogP contribution in [-0.2, 0) is 23.1 Å². The smallest absolute Gasteiger partial charge is 0.279 e. The Morgan fingerprint density at radius 1 is 1.11 bits per heavy atom. The largest absolute Gasteiger partial charge is 0.303 e. The number of halogens is 2. The van der Waals surface area contributed by atoms with Crippen LogP contribution in [0, 0.1) is 12.3 Å². The lowest BCUT2D eigenvalue weighted by Gasteiger charge is -2.17. The molecule has 1 aromatic heterocycles. The molecule has 0 saturated carbocycles. The number of benzene rings is 3. The molecule has 0 radical (unpaired) electrons. The third-order valence-electron chi connectivity index (χ3n) is 5.20. The van der Waals surface area contributed by atoms with Gasteiger partial charge >= 0.3 is 0 Å². The SMILES string of the molecule is C#CCn1c(=NC(=O)c2ccc(S(=O)(=O)N(C)Cc3ccccc3)cc2)sc2cc(Cl)cc(Cl)c21. The van der Waals surface area contributed by atoms with Gasteiger partial charge in [0.15, 0.2) is 4.80 Å². The summed E-state index contributed by atoms with van der Waals surface area (Å²) in [5.41, 5.74) is 1.76. The van der Waals surface area contributed by atoms with Gasteiger partial charge in [-0.3, -0.25) is 4.79 Å². The number of terminal acetylenes is 1. The van der Waals surface area contributed by atoms with E-state index < -0.39 is 15.9 Å². The van der Waals surface area contributed by atoms with Crippen LogP contribution in [0.1, 0.15) is 15.9 Å². The Morgan fingerprint density at radius 2 is 1.80 bits per heavy atom. The molecule has 0 N–H and O–H groups in total. The second kappa shape index (κ2) is 10.4. The van der Waals surface area contributed by atoms with Gasteiger partial charge in [-0.1, -0.05) is 70.8 Å². The number of aromatic nitrogens is 1. The number of sulfonamides is 1. The molecule has 10 heteroatoms. The number of hydrogen-bond donors (Lipinski definition) is 0. The minimum absolute atomic E-state index is 0.0816. The first-order valence-corrected chi connectivity index (χ1v) is 13.3. The molecule has 0 spiro atoms. The molecule has 0 atom stereocenters. The van der Waals surface area contributed by atoms with Gasteiger partial charge in [-0.2, -0.15) is 9.30 Å². The summed E-state index contributed by atoms with van der Waals surface area (Å²) in [4.78, 5) is 17.6. The van der Waals surface area contributed by atoms with E-state index in [-0.39, 0.29) is 23.5 Å². The van der Waals surface area contributed by atoms with E-state index in [1.54, 1.807) is 16.7 Å². The highest BCUT2D eigenvalue weighted by Crippen LogP contribution is 2.29. The third-order valence-corrected chi connectivity index (χ3v) is 8.55. The van der Waals surface area contributed by atoms with Gasteiger partial charge in [0.25, 0.3) is 5.91 Å². The van der Waals surface area contributed by atoms with Gasteiger partial charge in [0, 0.05) is 24.2 Å². The number of thiazole rings is 1. The maximum Gasteiger partial charge on any atom is 0.279 e. The van der Waals surface area contributed by atoms with Gasteiger partial charge in [0.1, 0.15) is 0 Å². The van der Waals surface area contributed by atoms with E-state index >= 15 is 0 Å². The van der Waals surface area contributed by atoms with Crippen LogP contribution >= 0.6 is 34.5 Å². The Kier molecular flexibility index (Phi) is 7.45. The third kappa shape index (κ3) is 5.35. The average Bonchev–Trinajstić information content (AvgIpc) is 3.16. The van der Waals surface area contributed by atoms with E-state index in [1.807, 2.05) is 30.3 Å². The van der Waals surface area contributed by atoms with Gasteiger partial charge in [-0.15, -0.1) is 6.42 Å². The quantitative estimate of drug-likeness (QED) is 0.313. The fourth-order valence-corrected chi connectivity index (χ4v) is 6.45. The second-order valence-corrected chi connectivity index (χ2v) is 11.5. The highest BCUT2D eigenvalue weighted by atomic mass is 35.5. The standard InChI is InChI=1S/C25H19Cl2N3O3S2/c1-3-13-30-23-21(27)14-19(26)15-22(23)34-25(30)28-24(31)18-9-11-20(12-10-18)35(32,33)29(2)16-17-7-5-4-6-8-17/h1,4-12,14-15H,13,16H2,2H3. The van der Waals surface area contributed by atoms with Crippen molar-refractivity contribution in [3.63, 3.8) is 0 Å². The summed E-state index contributed by atoms with van der Waals surface area (Å²) in [7, 11) is -2.23. The van der Waals surface area contributed by atoms with E-state index in [9.17, 15) is 13.2 Å². The first kappa shape index (κ1) is 25.2. The van der Waals surface area contributed by atoms with Crippen molar-refractivity contribution in [3.05, 3.63) is 92.7 Å². The lowest BCUT2D eigenvalue weighted by atomic mass is 10.2. The van der Waals surface area contributed by atoms with E-state index in [1.165, 1.54) is 47.0 Å². The van der Waals surface area contributed by atoms with Gasteiger partial charge in [0.2, 0.25) is 10.0 Å². The molecule has 0 unspecified atom stereocenters. The zero-order chi connectivity index (χ0) is 25.2. The fourth-order valence-electron chi connectivity index (χ4n) is 3.48. The lowest BCUT2D eigenvalue weighted by molar-refractivity contribution is 0.0998. The van der Waals surface area contributed by atoms with E-state index in [0.717, 1.165) is 10.3 Å². The molecule has 1 heterocycles. The van der Waals surface area contributed by atoms with Crippen LogP contribution in [-0.4, -0.2) is 30.2 Å². The zero-order valence-corrected chi connectivity index (χ0v) is 21.6. The lowest BCUT2D eigenvalue weighted by Crippen LogP contribution is -2.26. The Bertz CT molecular complexity index is 1620. The Morgan fingerprint density at radius 3 is 2.46 bits per heavy atom. The van der Waals surface area contributed by atoms with Crippen LogP contribution in [0.5, 0.6) is 0 Å². The van der Waals surface area contributed by atoms with Crippen molar-refractivity contribution in [1.29, 1.82) is 0 Å². The number of hydrogen-bond acceptors (Lipinski definition) is 4. The van der Waals surface area contributed by atoms with Crippen molar-refractivity contribution in [2.45, 2.75) is 18.0 Å². The summed E-state index contributed by atoms with van der Waals surface area (Å²) in [6.07, 6.45) is 5.51. The van der Waals surface area contributed by atoms with Crippen molar-refractivity contribution < 1.29 is 13.2 Å². The molecule has 4 rings (SSSR count). The van der Waals surface area contributed by atoms with Gasteiger partial charge < -0.3 is 4.57 Å². The normalized spacial score (nSPS) is 12.3. The van der Waals surface area contributed by atoms with E-state index in [2.05, 4.69) is 10.9 Å².